The molecule has 0 aliphatic heterocycles. The monoisotopic (exact) mass is 314 g/mol. The maximum Gasteiger partial charge on any atom is 0.306 e. The number of nitrogens with zero attached hydrogens (tertiary/aromatic N) is 1. The molecule has 0 aliphatic rings. The van der Waals surface area contributed by atoms with Crippen molar-refractivity contribution in [2.75, 3.05) is 6.61 Å². The minimum atomic E-state index is -0.675. The molecule has 0 atom stereocenters. The number of allylic oxidation sites excluding steroid dienone is 1. The third-order valence-corrected chi connectivity index (χ3v) is 3.08. The summed E-state index contributed by atoms with van der Waals surface area (Å²) in [5, 5.41) is 8.76. The maximum atomic E-state index is 11.9. The summed E-state index contributed by atoms with van der Waals surface area (Å²) in [5.41, 5.74) is 6.78. The number of hydrogen-bond acceptors (Lipinski definition) is 6. The molecule has 1 rings (SSSR count). The van der Waals surface area contributed by atoms with Crippen LogP contribution < -0.4 is 5.73 Å². The average molecular weight is 314 g/mol. The van der Waals surface area contributed by atoms with Crippen LogP contribution in [0.25, 0.3) is 0 Å². The number of ether oxygens (including phenoxy) is 1. The van der Waals surface area contributed by atoms with E-state index in [0.29, 0.717) is 5.56 Å². The molecule has 0 radical (unpaired) electrons. The summed E-state index contributed by atoms with van der Waals surface area (Å²) < 4.78 is 4.76. The van der Waals surface area contributed by atoms with Crippen LogP contribution in [0.2, 0.25) is 0 Å². The van der Waals surface area contributed by atoms with E-state index in [1.807, 2.05) is 19.1 Å². The first-order valence-corrected chi connectivity index (χ1v) is 7.00. The van der Waals surface area contributed by atoms with Crippen LogP contribution in [0.3, 0.4) is 0 Å². The number of nitriles is 1. The van der Waals surface area contributed by atoms with Crippen molar-refractivity contribution in [2.24, 2.45) is 5.73 Å². The molecule has 0 amide bonds. The van der Waals surface area contributed by atoms with Crippen molar-refractivity contribution in [2.45, 2.75) is 26.7 Å². The van der Waals surface area contributed by atoms with E-state index >= 15 is 0 Å². The first kappa shape index (κ1) is 18.1. The molecule has 0 fully saturated rings. The van der Waals surface area contributed by atoms with Crippen molar-refractivity contribution < 1.29 is 19.1 Å². The number of rotatable bonds is 7. The number of carbonyl (C=O) groups is 3. The van der Waals surface area contributed by atoms with Gasteiger partial charge in [-0.25, -0.2) is 0 Å². The Morgan fingerprint density at radius 2 is 1.78 bits per heavy atom. The van der Waals surface area contributed by atoms with Gasteiger partial charge in [0.05, 0.1) is 6.42 Å². The fourth-order valence-electron chi connectivity index (χ4n) is 1.76. The molecule has 0 aromatic heterocycles. The van der Waals surface area contributed by atoms with Crippen molar-refractivity contribution >= 4 is 17.5 Å². The van der Waals surface area contributed by atoms with Gasteiger partial charge in [-0.1, -0.05) is 29.8 Å². The quantitative estimate of drug-likeness (QED) is 0.356. The zero-order valence-electron chi connectivity index (χ0n) is 13.1. The van der Waals surface area contributed by atoms with Crippen LogP contribution in [0.1, 0.15) is 35.7 Å². The molecule has 0 saturated carbocycles. The Morgan fingerprint density at radius 1 is 1.17 bits per heavy atom. The number of benzene rings is 1. The predicted octanol–water partition coefficient (Wildman–Crippen LogP) is 1.83. The van der Waals surface area contributed by atoms with Crippen LogP contribution in [0.5, 0.6) is 0 Å². The summed E-state index contributed by atoms with van der Waals surface area (Å²) in [6.45, 7) is 2.77. The molecule has 2 N–H and O–H groups in total. The molecular weight excluding hydrogens is 296 g/mol. The van der Waals surface area contributed by atoms with Crippen molar-refractivity contribution in [3.05, 3.63) is 46.7 Å². The highest BCUT2D eigenvalue weighted by Gasteiger charge is 2.15. The summed E-state index contributed by atoms with van der Waals surface area (Å²) in [5.74, 6) is -1.51. The van der Waals surface area contributed by atoms with Crippen molar-refractivity contribution in [3.8, 4) is 6.07 Å². The number of esters is 1. The van der Waals surface area contributed by atoms with E-state index in [-0.39, 0.29) is 29.9 Å². The second-order valence-electron chi connectivity index (χ2n) is 5.04. The summed E-state index contributed by atoms with van der Waals surface area (Å²) >= 11 is 0. The summed E-state index contributed by atoms with van der Waals surface area (Å²) in [6, 6.07) is 8.68. The Morgan fingerprint density at radius 3 is 2.30 bits per heavy atom. The number of ketones is 2. The third-order valence-electron chi connectivity index (χ3n) is 3.08. The SMILES string of the molecule is C/C(N)=C(\C#N)C(=O)COC(=O)CCC(=O)c1ccc(C)cc1. The second kappa shape index (κ2) is 8.49. The number of Topliss-reactive ketones (excluding diaryl/α,β-unsaturated/α-hetero) is 2. The number of carbonyl (C=O) groups excluding carboxylic acids is 3. The molecule has 120 valence electrons. The average Bonchev–Trinajstić information content (AvgIpc) is 2.51. The van der Waals surface area contributed by atoms with Crippen LogP contribution in [-0.2, 0) is 14.3 Å². The van der Waals surface area contributed by atoms with Gasteiger partial charge in [-0.2, -0.15) is 5.26 Å². The summed E-state index contributed by atoms with van der Waals surface area (Å²) in [4.78, 5) is 35.1. The van der Waals surface area contributed by atoms with E-state index < -0.39 is 18.4 Å². The van der Waals surface area contributed by atoms with Gasteiger partial charge in [0.15, 0.2) is 12.4 Å². The Kier molecular flexibility index (Phi) is 6.68. The minimum Gasteiger partial charge on any atom is -0.457 e. The number of aryl methyl sites for hydroxylation is 1. The molecular formula is C17H18N2O4. The van der Waals surface area contributed by atoms with Crippen LogP contribution in [0, 0.1) is 18.3 Å². The van der Waals surface area contributed by atoms with Gasteiger partial charge in [0, 0.05) is 17.7 Å². The molecule has 23 heavy (non-hydrogen) atoms. The highest BCUT2D eigenvalue weighted by molar-refractivity contribution is 6.01. The standard InChI is InChI=1S/C17H18N2O4/c1-11-3-5-13(6-4-11)15(20)7-8-17(22)23-10-16(21)14(9-18)12(2)19/h3-6H,7-8,10,19H2,1-2H3/b14-12-. The maximum absolute atomic E-state index is 11.9. The Hall–Kier alpha value is -2.94. The van der Waals surface area contributed by atoms with E-state index in [1.54, 1.807) is 18.2 Å². The largest absolute Gasteiger partial charge is 0.457 e. The smallest absolute Gasteiger partial charge is 0.306 e. The number of hydrogen-bond donors (Lipinski definition) is 1. The molecule has 1 aromatic rings. The predicted molar refractivity (Wildman–Crippen MR) is 83.2 cm³/mol. The van der Waals surface area contributed by atoms with Crippen molar-refractivity contribution in [1.82, 2.24) is 0 Å². The Bertz CT molecular complexity index is 678. The second-order valence-corrected chi connectivity index (χ2v) is 5.04. The zero-order chi connectivity index (χ0) is 17.4. The lowest BCUT2D eigenvalue weighted by atomic mass is 10.1. The van der Waals surface area contributed by atoms with Gasteiger partial charge in [0.25, 0.3) is 0 Å². The van der Waals surface area contributed by atoms with E-state index in [9.17, 15) is 14.4 Å². The Labute approximate surface area is 134 Å². The molecule has 0 spiro atoms. The lowest BCUT2D eigenvalue weighted by Crippen LogP contribution is -2.18. The van der Waals surface area contributed by atoms with E-state index in [0.717, 1.165) is 5.56 Å². The lowest BCUT2D eigenvalue weighted by molar-refractivity contribution is -0.147. The molecule has 0 heterocycles. The van der Waals surface area contributed by atoms with Crippen LogP contribution >= 0.6 is 0 Å². The zero-order valence-corrected chi connectivity index (χ0v) is 13.1. The van der Waals surface area contributed by atoms with Gasteiger partial charge in [-0.3, -0.25) is 14.4 Å². The van der Waals surface area contributed by atoms with Gasteiger partial charge >= 0.3 is 5.97 Å². The van der Waals surface area contributed by atoms with E-state index in [1.165, 1.54) is 6.92 Å². The van der Waals surface area contributed by atoms with E-state index in [4.69, 9.17) is 15.7 Å². The molecule has 0 aliphatic carbocycles. The number of nitrogens with two attached hydrogens (primary N) is 1. The highest BCUT2D eigenvalue weighted by Crippen LogP contribution is 2.08. The fourth-order valence-corrected chi connectivity index (χ4v) is 1.76. The highest BCUT2D eigenvalue weighted by atomic mass is 16.5. The first-order chi connectivity index (χ1) is 10.8. The van der Waals surface area contributed by atoms with Crippen LogP contribution in [0.15, 0.2) is 35.5 Å². The normalized spacial score (nSPS) is 11.2. The summed E-state index contributed by atoms with van der Waals surface area (Å²) in [7, 11) is 0. The molecule has 6 heteroatoms. The molecule has 0 unspecified atom stereocenters. The molecule has 0 saturated heterocycles. The van der Waals surface area contributed by atoms with Crippen molar-refractivity contribution in [1.29, 1.82) is 5.26 Å². The summed E-state index contributed by atoms with van der Waals surface area (Å²) in [6.07, 6.45) is -0.139. The fraction of sp³-hybridized carbons (Fsp3) is 0.294. The Balaban J connectivity index is 2.45. The van der Waals surface area contributed by atoms with Gasteiger partial charge in [-0.05, 0) is 13.8 Å². The van der Waals surface area contributed by atoms with Crippen LogP contribution in [0.4, 0.5) is 0 Å². The molecule has 1 aromatic carbocycles. The minimum absolute atomic E-state index is 0.00700. The molecule has 6 nitrogen and oxygen atoms in total. The van der Waals surface area contributed by atoms with Crippen LogP contribution in [-0.4, -0.2) is 24.1 Å². The topological polar surface area (TPSA) is 110 Å². The van der Waals surface area contributed by atoms with Crippen molar-refractivity contribution in [3.63, 3.8) is 0 Å². The lowest BCUT2D eigenvalue weighted by Gasteiger charge is -2.05. The van der Waals surface area contributed by atoms with E-state index in [2.05, 4.69) is 0 Å². The van der Waals surface area contributed by atoms with Gasteiger partial charge in [0.2, 0.25) is 5.78 Å². The first-order valence-electron chi connectivity index (χ1n) is 7.00. The van der Waals surface area contributed by atoms with Gasteiger partial charge in [-0.15, -0.1) is 0 Å². The molecule has 0 bridgehead atoms. The third kappa shape index (κ3) is 5.75. The van der Waals surface area contributed by atoms with Gasteiger partial charge in [0.1, 0.15) is 11.6 Å². The van der Waals surface area contributed by atoms with Gasteiger partial charge < -0.3 is 10.5 Å².